The third-order valence-corrected chi connectivity index (χ3v) is 4.86. The fourth-order valence-corrected chi connectivity index (χ4v) is 3.33. The Hall–Kier alpha value is -2.38. The predicted octanol–water partition coefficient (Wildman–Crippen LogP) is 2.41. The summed E-state index contributed by atoms with van der Waals surface area (Å²) < 4.78 is 5.13. The van der Waals surface area contributed by atoms with Crippen LogP contribution in [-0.4, -0.2) is 47.7 Å². The molecular weight excluding hydrogens is 338 g/mol. The molecule has 1 aliphatic rings. The molecule has 0 spiro atoms. The molecule has 0 radical (unpaired) electrons. The van der Waals surface area contributed by atoms with E-state index in [0.29, 0.717) is 36.7 Å². The van der Waals surface area contributed by atoms with Crippen LogP contribution in [0.3, 0.4) is 0 Å². The molecule has 1 N–H and O–H groups in total. The Morgan fingerprint density at radius 3 is 3.00 bits per heavy atom. The van der Waals surface area contributed by atoms with Gasteiger partial charge >= 0.3 is 0 Å². The molecule has 0 fully saturated rings. The van der Waals surface area contributed by atoms with Crippen molar-refractivity contribution in [2.24, 2.45) is 0 Å². The molecule has 0 saturated heterocycles. The number of ether oxygens (including phenoxy) is 1. The summed E-state index contributed by atoms with van der Waals surface area (Å²) in [7, 11) is 1.61. The van der Waals surface area contributed by atoms with Gasteiger partial charge in [0.2, 0.25) is 5.91 Å². The number of carbonyl (C=O) groups is 2. The fourth-order valence-electron chi connectivity index (χ4n) is 2.54. The fraction of sp³-hybridized carbons (Fsp3) is 0.278. The maximum absolute atomic E-state index is 12.9. The van der Waals surface area contributed by atoms with Crippen molar-refractivity contribution in [2.45, 2.75) is 11.4 Å². The highest BCUT2D eigenvalue weighted by atomic mass is 32.2. The van der Waals surface area contributed by atoms with Gasteiger partial charge in [0.1, 0.15) is 0 Å². The van der Waals surface area contributed by atoms with E-state index in [1.807, 2.05) is 24.3 Å². The monoisotopic (exact) mass is 357 g/mol. The molecule has 0 aliphatic carbocycles. The topological polar surface area (TPSA) is 71.5 Å². The zero-order valence-electron chi connectivity index (χ0n) is 13.9. The highest BCUT2D eigenvalue weighted by molar-refractivity contribution is 8.00. The highest BCUT2D eigenvalue weighted by Crippen LogP contribution is 2.32. The second kappa shape index (κ2) is 8.13. The van der Waals surface area contributed by atoms with Gasteiger partial charge in [-0.25, -0.2) is 0 Å². The van der Waals surface area contributed by atoms with E-state index < -0.39 is 0 Å². The zero-order valence-corrected chi connectivity index (χ0v) is 14.7. The van der Waals surface area contributed by atoms with Crippen LogP contribution < -0.4 is 5.32 Å². The molecule has 3 rings (SSSR count). The standard InChI is InChI=1S/C18H19N3O3S/c1-24-9-8-21(11-14-4-2-3-7-19-14)18(23)13-5-6-16-15(10-13)20-17(22)12-25-16/h2-7,10H,8-9,11-12H2,1H3,(H,20,22). The second-order valence-corrected chi connectivity index (χ2v) is 6.61. The Morgan fingerprint density at radius 1 is 1.36 bits per heavy atom. The minimum Gasteiger partial charge on any atom is -0.383 e. The number of thioether (sulfide) groups is 1. The lowest BCUT2D eigenvalue weighted by molar-refractivity contribution is -0.113. The van der Waals surface area contributed by atoms with Crippen molar-refractivity contribution in [3.8, 4) is 0 Å². The van der Waals surface area contributed by atoms with Crippen molar-refractivity contribution >= 4 is 29.3 Å². The van der Waals surface area contributed by atoms with Gasteiger partial charge in [-0.2, -0.15) is 0 Å². The van der Waals surface area contributed by atoms with E-state index in [1.54, 1.807) is 30.3 Å². The lowest BCUT2D eigenvalue weighted by Crippen LogP contribution is -2.34. The number of nitrogens with zero attached hydrogens (tertiary/aromatic N) is 2. The van der Waals surface area contributed by atoms with Crippen LogP contribution in [-0.2, 0) is 16.1 Å². The Balaban J connectivity index is 1.81. The molecule has 0 saturated carbocycles. The van der Waals surface area contributed by atoms with Crippen LogP contribution in [0.25, 0.3) is 0 Å². The van der Waals surface area contributed by atoms with E-state index in [4.69, 9.17) is 4.74 Å². The second-order valence-electron chi connectivity index (χ2n) is 5.59. The quantitative estimate of drug-likeness (QED) is 0.860. The normalized spacial score (nSPS) is 13.1. The highest BCUT2D eigenvalue weighted by Gasteiger charge is 2.20. The molecule has 0 bridgehead atoms. The lowest BCUT2D eigenvalue weighted by atomic mass is 10.1. The number of pyridine rings is 1. The van der Waals surface area contributed by atoms with Crippen LogP contribution in [0.1, 0.15) is 16.1 Å². The van der Waals surface area contributed by atoms with E-state index in [-0.39, 0.29) is 11.8 Å². The number of hydrogen-bond donors (Lipinski definition) is 1. The Labute approximate surface area is 150 Å². The Morgan fingerprint density at radius 2 is 2.24 bits per heavy atom. The van der Waals surface area contributed by atoms with Crippen LogP contribution in [0, 0.1) is 0 Å². The van der Waals surface area contributed by atoms with Gasteiger partial charge in [0.05, 0.1) is 30.3 Å². The van der Waals surface area contributed by atoms with Crippen molar-refractivity contribution in [3.05, 3.63) is 53.9 Å². The zero-order chi connectivity index (χ0) is 17.6. The average molecular weight is 357 g/mol. The van der Waals surface area contributed by atoms with Crippen LogP contribution in [0.15, 0.2) is 47.5 Å². The summed E-state index contributed by atoms with van der Waals surface area (Å²) in [5, 5.41) is 2.82. The first-order chi connectivity index (χ1) is 12.2. The first-order valence-electron chi connectivity index (χ1n) is 7.92. The van der Waals surface area contributed by atoms with E-state index in [2.05, 4.69) is 10.3 Å². The van der Waals surface area contributed by atoms with Crippen molar-refractivity contribution in [2.75, 3.05) is 31.3 Å². The number of hydrogen-bond acceptors (Lipinski definition) is 5. The number of benzene rings is 1. The summed E-state index contributed by atoms with van der Waals surface area (Å²) in [6, 6.07) is 11.0. The Kier molecular flexibility index (Phi) is 5.67. The number of amides is 2. The van der Waals surface area contributed by atoms with Gasteiger partial charge in [0.15, 0.2) is 0 Å². The molecule has 6 nitrogen and oxygen atoms in total. The smallest absolute Gasteiger partial charge is 0.254 e. The molecule has 1 aliphatic heterocycles. The predicted molar refractivity (Wildman–Crippen MR) is 96.6 cm³/mol. The first-order valence-corrected chi connectivity index (χ1v) is 8.91. The van der Waals surface area contributed by atoms with Crippen molar-refractivity contribution in [1.29, 1.82) is 0 Å². The van der Waals surface area contributed by atoms with Crippen molar-refractivity contribution < 1.29 is 14.3 Å². The van der Waals surface area contributed by atoms with E-state index in [9.17, 15) is 9.59 Å². The molecule has 2 aromatic rings. The molecule has 7 heteroatoms. The van der Waals surface area contributed by atoms with Crippen molar-refractivity contribution in [3.63, 3.8) is 0 Å². The van der Waals surface area contributed by atoms with Gasteiger partial charge in [-0.1, -0.05) is 6.07 Å². The molecule has 0 atom stereocenters. The number of carbonyl (C=O) groups excluding carboxylic acids is 2. The van der Waals surface area contributed by atoms with Gasteiger partial charge in [-0.15, -0.1) is 11.8 Å². The van der Waals surface area contributed by atoms with E-state index >= 15 is 0 Å². The van der Waals surface area contributed by atoms with Gasteiger partial charge in [0, 0.05) is 30.3 Å². The van der Waals surface area contributed by atoms with Gasteiger partial charge in [-0.05, 0) is 30.3 Å². The number of rotatable bonds is 6. The molecule has 1 aromatic carbocycles. The average Bonchev–Trinajstić information content (AvgIpc) is 2.64. The molecule has 2 amide bonds. The Bertz CT molecular complexity index is 767. The summed E-state index contributed by atoms with van der Waals surface area (Å²) in [5.41, 5.74) is 2.04. The number of methoxy groups -OCH3 is 1. The molecular formula is C18H19N3O3S. The first kappa shape index (κ1) is 17.4. The molecule has 130 valence electrons. The van der Waals surface area contributed by atoms with Crippen molar-refractivity contribution in [1.82, 2.24) is 9.88 Å². The van der Waals surface area contributed by atoms with Gasteiger partial charge < -0.3 is 15.0 Å². The van der Waals surface area contributed by atoms with Crippen LogP contribution in [0.4, 0.5) is 5.69 Å². The third kappa shape index (κ3) is 4.37. The molecule has 25 heavy (non-hydrogen) atoms. The summed E-state index contributed by atoms with van der Waals surface area (Å²) >= 11 is 1.48. The van der Waals surface area contributed by atoms with Crippen LogP contribution >= 0.6 is 11.8 Å². The summed E-state index contributed by atoms with van der Waals surface area (Å²) in [4.78, 5) is 31.5. The van der Waals surface area contributed by atoms with Gasteiger partial charge in [-0.3, -0.25) is 14.6 Å². The molecule has 1 aromatic heterocycles. The van der Waals surface area contributed by atoms with E-state index in [0.717, 1.165) is 10.6 Å². The minimum absolute atomic E-state index is 0.0492. The number of nitrogens with one attached hydrogen (secondary N) is 1. The summed E-state index contributed by atoms with van der Waals surface area (Å²) in [6.45, 7) is 1.31. The van der Waals surface area contributed by atoms with Crippen LogP contribution in [0.2, 0.25) is 0 Å². The largest absolute Gasteiger partial charge is 0.383 e. The summed E-state index contributed by atoms with van der Waals surface area (Å²) in [5.74, 6) is 0.238. The van der Waals surface area contributed by atoms with E-state index in [1.165, 1.54) is 11.8 Å². The number of anilines is 1. The minimum atomic E-state index is -0.115. The lowest BCUT2D eigenvalue weighted by Gasteiger charge is -2.23. The number of fused-ring (bicyclic) bond motifs is 1. The number of aromatic nitrogens is 1. The third-order valence-electron chi connectivity index (χ3n) is 3.79. The summed E-state index contributed by atoms with van der Waals surface area (Å²) in [6.07, 6.45) is 1.71. The SMILES string of the molecule is COCCN(Cc1ccccn1)C(=O)c1ccc2c(c1)NC(=O)CS2. The molecule has 0 unspecified atom stereocenters. The van der Waals surface area contributed by atoms with Crippen LogP contribution in [0.5, 0.6) is 0 Å². The molecule has 2 heterocycles. The van der Waals surface area contributed by atoms with Gasteiger partial charge in [0.25, 0.3) is 5.91 Å². The maximum atomic E-state index is 12.9. The maximum Gasteiger partial charge on any atom is 0.254 e.